The number of benzene rings is 1. The Morgan fingerprint density at radius 1 is 1.11 bits per heavy atom. The van der Waals surface area contributed by atoms with Crippen LogP contribution < -0.4 is 10.1 Å². The second kappa shape index (κ2) is 11.2. The molecule has 1 atom stereocenters. The second-order valence-corrected chi connectivity index (χ2v) is 9.89. The lowest BCUT2D eigenvalue weighted by atomic mass is 9.92. The number of nitrogens with zero attached hydrogens (tertiary/aromatic N) is 3. The molecule has 1 N–H and O–H groups in total. The van der Waals surface area contributed by atoms with Gasteiger partial charge >= 0.3 is 0 Å². The summed E-state index contributed by atoms with van der Waals surface area (Å²) < 4.78 is 12.2. The van der Waals surface area contributed by atoms with E-state index in [0.717, 1.165) is 37.0 Å². The van der Waals surface area contributed by atoms with Gasteiger partial charge in [0.15, 0.2) is 0 Å². The quantitative estimate of drug-likeness (QED) is 0.574. The summed E-state index contributed by atoms with van der Waals surface area (Å²) in [5.41, 5.74) is 1.08. The highest BCUT2D eigenvalue weighted by Gasteiger charge is 2.48. The molecule has 1 aliphatic heterocycles. The minimum absolute atomic E-state index is 0.0963. The molecule has 0 radical (unpaired) electrons. The van der Waals surface area contributed by atoms with E-state index in [2.05, 4.69) is 5.32 Å². The van der Waals surface area contributed by atoms with E-state index >= 15 is 0 Å². The van der Waals surface area contributed by atoms with Gasteiger partial charge in [-0.05, 0) is 56.5 Å². The van der Waals surface area contributed by atoms with Crippen LogP contribution in [0.3, 0.4) is 0 Å². The van der Waals surface area contributed by atoms with Crippen molar-refractivity contribution in [3.8, 4) is 17.0 Å². The van der Waals surface area contributed by atoms with E-state index < -0.39 is 5.54 Å². The van der Waals surface area contributed by atoms with Crippen LogP contribution in [0.15, 0.2) is 30.3 Å². The summed E-state index contributed by atoms with van der Waals surface area (Å²) in [6, 6.07) is 9.57. The van der Waals surface area contributed by atoms with Crippen molar-refractivity contribution in [2.75, 3.05) is 27.4 Å². The fourth-order valence-corrected chi connectivity index (χ4v) is 5.20. The van der Waals surface area contributed by atoms with Crippen LogP contribution in [0.5, 0.6) is 5.75 Å². The summed E-state index contributed by atoms with van der Waals surface area (Å²) in [4.78, 5) is 29.2. The summed E-state index contributed by atoms with van der Waals surface area (Å²) in [7, 11) is 3.28. The van der Waals surface area contributed by atoms with Crippen molar-refractivity contribution in [2.24, 2.45) is 0 Å². The number of rotatable bonds is 8. The number of carbonyl (C=O) groups excluding carboxylic acids is 2. The zero-order valence-electron chi connectivity index (χ0n) is 21.2. The molecule has 190 valence electrons. The lowest BCUT2D eigenvalue weighted by molar-refractivity contribution is -0.134. The van der Waals surface area contributed by atoms with Gasteiger partial charge in [0.2, 0.25) is 5.91 Å². The molecule has 0 spiro atoms. The molecule has 0 unspecified atom stereocenters. The Kier molecular flexibility index (Phi) is 8.11. The van der Waals surface area contributed by atoms with E-state index in [4.69, 9.17) is 14.6 Å². The molecule has 1 fully saturated rings. The number of carbonyl (C=O) groups is 2. The van der Waals surface area contributed by atoms with Crippen molar-refractivity contribution in [3.05, 3.63) is 36.0 Å². The third-order valence-corrected chi connectivity index (χ3v) is 7.34. The van der Waals surface area contributed by atoms with Crippen molar-refractivity contribution < 1.29 is 19.1 Å². The van der Waals surface area contributed by atoms with Gasteiger partial charge in [0.25, 0.3) is 5.91 Å². The summed E-state index contributed by atoms with van der Waals surface area (Å²) in [6.07, 6.45) is 8.63. The van der Waals surface area contributed by atoms with Gasteiger partial charge in [0.1, 0.15) is 17.0 Å². The lowest BCUT2D eigenvalue weighted by Gasteiger charge is -2.44. The van der Waals surface area contributed by atoms with Crippen molar-refractivity contribution in [1.29, 1.82) is 0 Å². The maximum Gasteiger partial charge on any atom is 0.273 e. The average molecular weight is 483 g/mol. The van der Waals surface area contributed by atoms with Crippen molar-refractivity contribution >= 4 is 11.8 Å². The molecular formula is C27H38N4O4. The van der Waals surface area contributed by atoms with Gasteiger partial charge in [-0.1, -0.05) is 32.1 Å². The molecular weight excluding hydrogens is 444 g/mol. The SMILES string of the molecule is COCCCN1C(=O)c2cc(-c3ccc(OC)cc3)nn2C[C@]1(C)C(=O)NC1CCCCCCC1. The Morgan fingerprint density at radius 3 is 2.46 bits per heavy atom. The van der Waals surface area contributed by atoms with Gasteiger partial charge in [0, 0.05) is 31.9 Å². The van der Waals surface area contributed by atoms with E-state index in [9.17, 15) is 9.59 Å². The van der Waals surface area contributed by atoms with Crippen molar-refractivity contribution in [1.82, 2.24) is 20.0 Å². The molecule has 35 heavy (non-hydrogen) atoms. The molecule has 2 aliphatic rings. The van der Waals surface area contributed by atoms with Gasteiger partial charge in [-0.3, -0.25) is 14.3 Å². The molecule has 0 saturated heterocycles. The highest BCUT2D eigenvalue weighted by atomic mass is 16.5. The zero-order valence-corrected chi connectivity index (χ0v) is 21.2. The van der Waals surface area contributed by atoms with Gasteiger partial charge in [-0.15, -0.1) is 0 Å². The summed E-state index contributed by atoms with van der Waals surface area (Å²) in [5.74, 6) is 0.493. The fraction of sp³-hybridized carbons (Fsp3) is 0.593. The zero-order chi connectivity index (χ0) is 24.8. The molecule has 8 nitrogen and oxygen atoms in total. The maximum atomic E-state index is 13.7. The van der Waals surface area contributed by atoms with Crippen LogP contribution in [0, 0.1) is 0 Å². The van der Waals surface area contributed by atoms with E-state index in [0.29, 0.717) is 37.5 Å². The molecule has 1 aromatic carbocycles. The van der Waals surface area contributed by atoms with Crippen LogP contribution >= 0.6 is 0 Å². The Bertz CT molecular complexity index is 1010. The largest absolute Gasteiger partial charge is 0.497 e. The first-order chi connectivity index (χ1) is 17.0. The van der Waals surface area contributed by atoms with Crippen LogP contribution in [0.25, 0.3) is 11.3 Å². The summed E-state index contributed by atoms with van der Waals surface area (Å²) >= 11 is 0. The fourth-order valence-electron chi connectivity index (χ4n) is 5.20. The molecule has 2 heterocycles. The summed E-state index contributed by atoms with van der Waals surface area (Å²) in [5, 5.41) is 8.03. The van der Waals surface area contributed by atoms with Gasteiger partial charge in [-0.2, -0.15) is 5.10 Å². The number of nitrogens with one attached hydrogen (secondary N) is 1. The molecule has 1 aliphatic carbocycles. The summed E-state index contributed by atoms with van der Waals surface area (Å²) in [6.45, 7) is 3.16. The van der Waals surface area contributed by atoms with Gasteiger partial charge < -0.3 is 19.7 Å². The van der Waals surface area contributed by atoms with Crippen molar-refractivity contribution in [2.45, 2.75) is 76.4 Å². The Balaban J connectivity index is 1.61. The number of hydrogen-bond acceptors (Lipinski definition) is 5. The van der Waals surface area contributed by atoms with E-state index in [1.807, 2.05) is 37.3 Å². The monoisotopic (exact) mass is 482 g/mol. The van der Waals surface area contributed by atoms with Crippen LogP contribution in [-0.4, -0.2) is 65.4 Å². The number of ether oxygens (including phenoxy) is 2. The van der Waals surface area contributed by atoms with Crippen LogP contribution in [0.4, 0.5) is 0 Å². The number of methoxy groups -OCH3 is 2. The van der Waals surface area contributed by atoms with Crippen molar-refractivity contribution in [3.63, 3.8) is 0 Å². The molecule has 8 heteroatoms. The number of fused-ring (bicyclic) bond motifs is 1. The second-order valence-electron chi connectivity index (χ2n) is 9.89. The first-order valence-corrected chi connectivity index (χ1v) is 12.8. The molecule has 1 saturated carbocycles. The minimum atomic E-state index is -1.02. The van der Waals surface area contributed by atoms with E-state index in [1.54, 1.807) is 23.8 Å². The number of amides is 2. The first-order valence-electron chi connectivity index (χ1n) is 12.8. The highest BCUT2D eigenvalue weighted by Crippen LogP contribution is 2.31. The highest BCUT2D eigenvalue weighted by molar-refractivity contribution is 6.00. The normalized spacial score (nSPS) is 21.2. The van der Waals surface area contributed by atoms with E-state index in [-0.39, 0.29) is 17.9 Å². The third-order valence-electron chi connectivity index (χ3n) is 7.34. The Labute approximate surface area is 208 Å². The smallest absolute Gasteiger partial charge is 0.273 e. The Hall–Kier alpha value is -2.87. The standard InChI is InChI=1S/C27H38N4O4/c1-27(26(33)28-21-10-7-5-4-6-8-11-21)19-31-24(25(32)30(27)16-9-17-34-2)18-23(29-31)20-12-14-22(35-3)15-13-20/h12-15,18,21H,4-11,16-17,19H2,1-3H3,(H,28,33)/t27-/m1/s1. The topological polar surface area (TPSA) is 85.7 Å². The third kappa shape index (κ3) is 5.53. The van der Waals surface area contributed by atoms with Crippen LogP contribution in [0.2, 0.25) is 0 Å². The van der Waals surface area contributed by atoms with Gasteiger partial charge in [0.05, 0.1) is 19.3 Å². The van der Waals surface area contributed by atoms with Crippen LogP contribution in [-0.2, 0) is 16.1 Å². The Morgan fingerprint density at radius 2 is 1.80 bits per heavy atom. The predicted molar refractivity (Wildman–Crippen MR) is 134 cm³/mol. The molecule has 4 rings (SSSR count). The number of aromatic nitrogens is 2. The number of hydrogen-bond donors (Lipinski definition) is 1. The lowest BCUT2D eigenvalue weighted by Crippen LogP contribution is -2.65. The maximum absolute atomic E-state index is 13.7. The average Bonchev–Trinajstić information content (AvgIpc) is 3.26. The van der Waals surface area contributed by atoms with Crippen LogP contribution in [0.1, 0.15) is 68.8 Å². The molecule has 0 bridgehead atoms. The molecule has 2 aromatic rings. The molecule has 1 aromatic heterocycles. The van der Waals surface area contributed by atoms with E-state index in [1.165, 1.54) is 19.3 Å². The molecule has 2 amide bonds. The van der Waals surface area contributed by atoms with Gasteiger partial charge in [-0.25, -0.2) is 0 Å². The first kappa shape index (κ1) is 25.2. The predicted octanol–water partition coefficient (Wildman–Crippen LogP) is 4.04. The minimum Gasteiger partial charge on any atom is -0.497 e.